The Morgan fingerprint density at radius 3 is 1.67 bits per heavy atom. The lowest BCUT2D eigenvalue weighted by molar-refractivity contribution is 1.51. The summed E-state index contributed by atoms with van der Waals surface area (Å²) >= 11 is 0. The quantitative estimate of drug-likeness (QED) is 0.612. The van der Waals surface area contributed by atoms with Gasteiger partial charge in [-0.3, -0.25) is 10.9 Å². The van der Waals surface area contributed by atoms with Crippen molar-refractivity contribution in [3.8, 4) is 0 Å². The molecule has 0 atom stereocenters. The van der Waals surface area contributed by atoms with Crippen molar-refractivity contribution in [2.45, 2.75) is 0 Å². The van der Waals surface area contributed by atoms with Gasteiger partial charge in [-0.15, -0.1) is 0 Å². The molecule has 0 radical (unpaired) electrons. The monoisotopic (exact) mass is 168 g/mol. The topological polar surface area (TPSA) is 0 Å². The molecule has 0 heterocycles. The van der Waals surface area contributed by atoms with Gasteiger partial charge in [0, 0.05) is 0 Å². The average molecular weight is 168 g/mol. The summed E-state index contributed by atoms with van der Waals surface area (Å²) in [4.78, 5) is 0. The lowest BCUT2D eigenvalue weighted by atomic mass is 11.0. The lowest BCUT2D eigenvalue weighted by Gasteiger charge is -2.26. The van der Waals surface area contributed by atoms with Gasteiger partial charge in [-0.2, -0.15) is 0 Å². The summed E-state index contributed by atoms with van der Waals surface area (Å²) in [7, 11) is 0.153. The van der Waals surface area contributed by atoms with E-state index in [-0.39, 0.29) is 10.0 Å². The Bertz CT molecular complexity index is 71.5. The Morgan fingerprint density at radius 2 is 1.56 bits per heavy atom. The fraction of sp³-hybridized carbons (Fsp3) is 1.00. The minimum atomic E-state index is -0.203. The van der Waals surface area contributed by atoms with Gasteiger partial charge in [0.2, 0.25) is 0 Å². The van der Waals surface area contributed by atoms with Crippen molar-refractivity contribution in [3.05, 3.63) is 0 Å². The second-order valence-corrected chi connectivity index (χ2v) is 10.8. The average Bonchev–Trinajstić information content (AvgIpc) is 1.59. The third-order valence-corrected chi connectivity index (χ3v) is 4.00. The van der Waals surface area contributed by atoms with Crippen LogP contribution in [0.2, 0.25) is 0 Å². The molecule has 0 aromatic carbocycles. The second-order valence-electron chi connectivity index (χ2n) is 3.60. The molecule has 0 N–H and O–H groups in total. The number of hydrogen-bond acceptors (Lipinski definition) is 0. The van der Waals surface area contributed by atoms with Crippen molar-refractivity contribution in [3.63, 3.8) is 0 Å². The van der Waals surface area contributed by atoms with Crippen LogP contribution in [-0.2, 0) is 0 Å². The van der Waals surface area contributed by atoms with E-state index in [1.807, 2.05) is 0 Å². The first-order chi connectivity index (χ1) is 3.92. The molecule has 0 aromatic heterocycles. The molecule has 0 aliphatic carbocycles. The summed E-state index contributed by atoms with van der Waals surface area (Å²) in [5.74, 6) is 2.93. The van der Waals surface area contributed by atoms with Crippen LogP contribution >= 0.6 is 20.9 Å². The molecule has 60 valence electrons. The fourth-order valence-corrected chi connectivity index (χ4v) is 4.11. The number of rotatable bonds is 3. The van der Waals surface area contributed by atoms with Crippen LogP contribution in [0, 0.1) is 0 Å². The maximum atomic E-state index is 2.39. The van der Waals surface area contributed by atoms with Gasteiger partial charge in [0.25, 0.3) is 0 Å². The fourth-order valence-electron chi connectivity index (χ4n) is 0.456. The summed E-state index contributed by atoms with van der Waals surface area (Å²) in [5, 5.41) is 0. The zero-order chi connectivity index (χ0) is 7.49. The van der Waals surface area contributed by atoms with E-state index in [4.69, 9.17) is 0 Å². The van der Waals surface area contributed by atoms with E-state index in [0.29, 0.717) is 10.9 Å². The molecule has 0 aromatic rings. The molecule has 2 heteroatoms. The predicted octanol–water partition coefficient (Wildman–Crippen LogP) is 1.94. The molecule has 0 amide bonds. The van der Waals surface area contributed by atoms with E-state index in [1.165, 1.54) is 11.5 Å². The smallest absolute Gasteiger partial charge is 0.0161 e. The molecule has 0 saturated heterocycles. The van der Waals surface area contributed by atoms with Crippen LogP contribution in [0.5, 0.6) is 0 Å². The van der Waals surface area contributed by atoms with Crippen molar-refractivity contribution in [2.24, 2.45) is 0 Å². The Hall–Kier alpha value is 0.700. The SMILES string of the molecule is C[SH](C)CCS(C)(C)C. The molecule has 0 aliphatic rings. The summed E-state index contributed by atoms with van der Waals surface area (Å²) in [6.45, 7) is 0. The molecule has 0 bridgehead atoms. The van der Waals surface area contributed by atoms with Crippen molar-refractivity contribution in [1.82, 2.24) is 0 Å². The van der Waals surface area contributed by atoms with Gasteiger partial charge < -0.3 is 0 Å². The second kappa shape index (κ2) is 3.77. The zero-order valence-corrected chi connectivity index (χ0v) is 8.98. The number of hydrogen-bond donors (Lipinski definition) is 1. The molecular formula is C7H20S2. The van der Waals surface area contributed by atoms with Gasteiger partial charge in [-0.25, -0.2) is 10.0 Å². The van der Waals surface area contributed by atoms with E-state index in [9.17, 15) is 0 Å². The van der Waals surface area contributed by atoms with Crippen LogP contribution in [0.25, 0.3) is 0 Å². The van der Waals surface area contributed by atoms with Crippen molar-refractivity contribution < 1.29 is 0 Å². The van der Waals surface area contributed by atoms with Gasteiger partial charge in [0.15, 0.2) is 0 Å². The van der Waals surface area contributed by atoms with Gasteiger partial charge in [-0.1, -0.05) is 0 Å². The van der Waals surface area contributed by atoms with Gasteiger partial charge in [0.05, 0.1) is 0 Å². The Balaban J connectivity index is 3.28. The standard InChI is InChI=1S/C7H20S2/c1-8(2)6-7-9(3,4)5/h8H,6-7H2,1-5H3. The predicted molar refractivity (Wildman–Crippen MR) is 55.9 cm³/mol. The minimum Gasteiger partial charge on any atom is -0.258 e. The highest BCUT2D eigenvalue weighted by atomic mass is 32.3. The maximum Gasteiger partial charge on any atom is -0.0161 e. The van der Waals surface area contributed by atoms with E-state index in [0.717, 1.165) is 0 Å². The highest BCUT2D eigenvalue weighted by Gasteiger charge is 2.02. The van der Waals surface area contributed by atoms with Crippen LogP contribution < -0.4 is 0 Å². The number of thiol groups is 1. The summed E-state index contributed by atoms with van der Waals surface area (Å²) in [6, 6.07) is 0. The van der Waals surface area contributed by atoms with Crippen LogP contribution in [0.4, 0.5) is 0 Å². The molecule has 0 saturated carbocycles. The first-order valence-corrected chi connectivity index (χ1v) is 8.67. The third-order valence-electron chi connectivity index (χ3n) is 1.15. The van der Waals surface area contributed by atoms with Crippen molar-refractivity contribution >= 4 is 20.9 Å². The summed E-state index contributed by atoms with van der Waals surface area (Å²) in [6.07, 6.45) is 11.9. The molecule has 0 rings (SSSR count). The zero-order valence-electron chi connectivity index (χ0n) is 7.27. The Morgan fingerprint density at radius 1 is 1.11 bits per heavy atom. The van der Waals surface area contributed by atoms with Gasteiger partial charge >= 0.3 is 0 Å². The minimum absolute atomic E-state index is 0.203. The summed E-state index contributed by atoms with van der Waals surface area (Å²) < 4.78 is 0. The Kier molecular flexibility index (Phi) is 4.06. The molecule has 0 aliphatic heterocycles. The third kappa shape index (κ3) is 8.70. The van der Waals surface area contributed by atoms with Crippen LogP contribution in [0.15, 0.2) is 0 Å². The van der Waals surface area contributed by atoms with Gasteiger partial charge in [-0.05, 0) is 42.8 Å². The molecule has 0 fully saturated rings. The van der Waals surface area contributed by atoms with Crippen LogP contribution in [-0.4, -0.2) is 42.8 Å². The molecule has 0 nitrogen and oxygen atoms in total. The molecule has 0 spiro atoms. The van der Waals surface area contributed by atoms with E-state index in [2.05, 4.69) is 31.3 Å². The van der Waals surface area contributed by atoms with Crippen molar-refractivity contribution in [1.29, 1.82) is 0 Å². The van der Waals surface area contributed by atoms with E-state index in [1.54, 1.807) is 0 Å². The normalized spacial score (nSPS) is 15.4. The highest BCUT2D eigenvalue weighted by molar-refractivity contribution is 8.32. The highest BCUT2D eigenvalue weighted by Crippen LogP contribution is 2.36. The Labute approximate surface area is 64.1 Å². The van der Waals surface area contributed by atoms with Crippen LogP contribution in [0.3, 0.4) is 0 Å². The largest absolute Gasteiger partial charge is 0.258 e. The lowest BCUT2D eigenvalue weighted by Crippen LogP contribution is -2.02. The van der Waals surface area contributed by atoms with E-state index < -0.39 is 0 Å². The molecule has 9 heavy (non-hydrogen) atoms. The van der Waals surface area contributed by atoms with Crippen molar-refractivity contribution in [2.75, 3.05) is 42.8 Å². The van der Waals surface area contributed by atoms with Gasteiger partial charge in [0.1, 0.15) is 0 Å². The first kappa shape index (κ1) is 9.70. The molecular weight excluding hydrogens is 148 g/mol. The maximum absolute atomic E-state index is 2.39. The molecule has 0 unspecified atom stereocenters. The van der Waals surface area contributed by atoms with E-state index >= 15 is 0 Å². The van der Waals surface area contributed by atoms with Crippen LogP contribution in [0.1, 0.15) is 0 Å². The first-order valence-electron chi connectivity index (χ1n) is 3.22. The summed E-state index contributed by atoms with van der Waals surface area (Å²) in [5.41, 5.74) is 0.